The summed E-state index contributed by atoms with van der Waals surface area (Å²) in [6.07, 6.45) is 0.527. The van der Waals surface area contributed by atoms with E-state index >= 15 is 0 Å². The van der Waals surface area contributed by atoms with Gasteiger partial charge in [0.25, 0.3) is 5.91 Å². The third kappa shape index (κ3) is 3.04. The predicted octanol–water partition coefficient (Wildman–Crippen LogP) is -1.50. The second-order valence-corrected chi connectivity index (χ2v) is 3.40. The lowest BCUT2D eigenvalue weighted by Crippen LogP contribution is -2.47. The minimum absolute atomic E-state index is 0.212. The van der Waals surface area contributed by atoms with Crippen molar-refractivity contribution in [1.82, 2.24) is 16.1 Å². The highest BCUT2D eigenvalue weighted by Gasteiger charge is 2.21. The van der Waals surface area contributed by atoms with E-state index in [9.17, 15) is 14.4 Å². The average molecular weight is 226 g/mol. The van der Waals surface area contributed by atoms with Crippen LogP contribution in [-0.4, -0.2) is 36.5 Å². The van der Waals surface area contributed by atoms with Crippen molar-refractivity contribution in [3.63, 3.8) is 0 Å². The molecule has 7 heteroatoms. The Morgan fingerprint density at radius 3 is 2.62 bits per heavy atom. The van der Waals surface area contributed by atoms with E-state index in [1.807, 2.05) is 0 Å². The average Bonchev–Trinajstić information content (AvgIpc) is 2.28. The second kappa shape index (κ2) is 5.24. The Labute approximate surface area is 92.7 Å². The molecular weight excluding hydrogens is 212 g/mol. The van der Waals surface area contributed by atoms with Gasteiger partial charge in [0.15, 0.2) is 0 Å². The van der Waals surface area contributed by atoms with Crippen LogP contribution in [0, 0.1) is 0 Å². The molecular formula is C9H14N4O3. The van der Waals surface area contributed by atoms with E-state index in [0.29, 0.717) is 0 Å². The Morgan fingerprint density at radius 1 is 1.44 bits per heavy atom. The molecule has 1 heterocycles. The first-order valence-corrected chi connectivity index (χ1v) is 4.92. The number of carbonyl (C=O) groups is 3. The first-order chi connectivity index (χ1) is 7.54. The lowest BCUT2D eigenvalue weighted by Gasteiger charge is -2.15. The van der Waals surface area contributed by atoms with E-state index in [0.717, 1.165) is 0 Å². The summed E-state index contributed by atoms with van der Waals surface area (Å²) in [5.41, 5.74) is 2.45. The van der Waals surface area contributed by atoms with Gasteiger partial charge in [0.2, 0.25) is 11.8 Å². The lowest BCUT2D eigenvalue weighted by atomic mass is 10.1. The molecule has 0 aliphatic carbocycles. The number of hydrogen-bond donors (Lipinski definition) is 3. The third-order valence-electron chi connectivity index (χ3n) is 2.15. The van der Waals surface area contributed by atoms with Gasteiger partial charge >= 0.3 is 0 Å². The van der Waals surface area contributed by atoms with Gasteiger partial charge in [-0.25, -0.2) is 5.43 Å². The summed E-state index contributed by atoms with van der Waals surface area (Å²) in [6, 6.07) is -0.627. The molecule has 16 heavy (non-hydrogen) atoms. The van der Waals surface area contributed by atoms with E-state index in [2.05, 4.69) is 21.2 Å². The van der Waals surface area contributed by atoms with E-state index in [1.165, 1.54) is 7.05 Å². The topological polar surface area (TPSA) is 99.7 Å². The van der Waals surface area contributed by atoms with E-state index in [-0.39, 0.29) is 30.4 Å². The molecule has 0 radical (unpaired) electrons. The largest absolute Gasteiger partial charge is 0.357 e. The van der Waals surface area contributed by atoms with Crippen molar-refractivity contribution in [3.05, 3.63) is 0 Å². The molecule has 0 fully saturated rings. The van der Waals surface area contributed by atoms with Crippen LogP contribution in [0.25, 0.3) is 0 Å². The Kier molecular flexibility index (Phi) is 3.98. The summed E-state index contributed by atoms with van der Waals surface area (Å²) in [6.45, 7) is 1.57. The minimum Gasteiger partial charge on any atom is -0.357 e. The highest BCUT2D eigenvalue weighted by atomic mass is 16.2. The molecule has 1 rings (SSSR count). The molecule has 7 nitrogen and oxygen atoms in total. The second-order valence-electron chi connectivity index (χ2n) is 3.40. The van der Waals surface area contributed by atoms with Crippen molar-refractivity contribution in [3.8, 4) is 0 Å². The molecule has 1 aliphatic rings. The van der Waals surface area contributed by atoms with Gasteiger partial charge in [0.05, 0.1) is 0 Å². The molecule has 0 aromatic heterocycles. The zero-order valence-corrected chi connectivity index (χ0v) is 9.16. The van der Waals surface area contributed by atoms with E-state index < -0.39 is 11.9 Å². The molecule has 1 aliphatic heterocycles. The molecule has 0 aromatic rings. The van der Waals surface area contributed by atoms with E-state index in [1.54, 1.807) is 6.92 Å². The lowest BCUT2D eigenvalue weighted by molar-refractivity contribution is -0.126. The smallest absolute Gasteiger partial charge is 0.268 e. The maximum Gasteiger partial charge on any atom is 0.268 e. The van der Waals surface area contributed by atoms with Crippen LogP contribution in [0.1, 0.15) is 19.8 Å². The normalized spacial score (nSPS) is 16.9. The van der Waals surface area contributed by atoms with Crippen LogP contribution in [-0.2, 0) is 14.4 Å². The zero-order chi connectivity index (χ0) is 12.1. The highest BCUT2D eigenvalue weighted by Crippen LogP contribution is 1.99. The Morgan fingerprint density at radius 2 is 2.12 bits per heavy atom. The van der Waals surface area contributed by atoms with Gasteiger partial charge in [-0.05, 0) is 6.92 Å². The molecule has 0 spiro atoms. The summed E-state index contributed by atoms with van der Waals surface area (Å²) in [5.74, 6) is -0.930. The summed E-state index contributed by atoms with van der Waals surface area (Å²) in [5, 5.41) is 8.52. The number of hydrazone groups is 1. The Hall–Kier alpha value is -1.92. The van der Waals surface area contributed by atoms with Crippen LogP contribution in [0.3, 0.4) is 0 Å². The first-order valence-electron chi connectivity index (χ1n) is 4.92. The molecule has 3 amide bonds. The molecule has 0 aromatic carbocycles. The fourth-order valence-electron chi connectivity index (χ4n) is 1.20. The Bertz CT molecular complexity index is 351. The number of nitrogens with one attached hydrogen (secondary N) is 3. The zero-order valence-electron chi connectivity index (χ0n) is 9.16. The first kappa shape index (κ1) is 12.2. The fourth-order valence-corrected chi connectivity index (χ4v) is 1.20. The van der Waals surface area contributed by atoms with Crippen molar-refractivity contribution in [2.24, 2.45) is 5.10 Å². The van der Waals surface area contributed by atoms with Crippen molar-refractivity contribution in [2.75, 3.05) is 7.05 Å². The molecule has 1 atom stereocenters. The number of rotatable bonds is 3. The van der Waals surface area contributed by atoms with Crippen molar-refractivity contribution in [2.45, 2.75) is 25.8 Å². The van der Waals surface area contributed by atoms with Crippen LogP contribution in [0.5, 0.6) is 0 Å². The highest BCUT2D eigenvalue weighted by molar-refractivity contribution is 6.39. The van der Waals surface area contributed by atoms with Crippen LogP contribution in [0.2, 0.25) is 0 Å². The monoisotopic (exact) mass is 226 g/mol. The van der Waals surface area contributed by atoms with Gasteiger partial charge in [-0.1, -0.05) is 0 Å². The molecule has 3 N–H and O–H groups in total. The third-order valence-corrected chi connectivity index (χ3v) is 2.15. The van der Waals surface area contributed by atoms with Gasteiger partial charge in [0.1, 0.15) is 11.8 Å². The molecule has 0 bridgehead atoms. The van der Waals surface area contributed by atoms with Crippen LogP contribution in [0.4, 0.5) is 0 Å². The van der Waals surface area contributed by atoms with Gasteiger partial charge < -0.3 is 10.6 Å². The van der Waals surface area contributed by atoms with Gasteiger partial charge in [0, 0.05) is 19.9 Å². The van der Waals surface area contributed by atoms with Crippen LogP contribution < -0.4 is 16.1 Å². The molecule has 88 valence electrons. The molecule has 1 unspecified atom stereocenters. The standard InChI is InChI=1S/C9H14N4O3/c1-5(8(15)10-2)11-9(16)6-3-4-7(14)13-12-6/h5H,3-4H2,1-2H3,(H,10,15)(H,11,16)(H,13,14). The molecule has 0 saturated carbocycles. The number of carbonyl (C=O) groups excluding carboxylic acids is 3. The van der Waals surface area contributed by atoms with Crippen molar-refractivity contribution in [1.29, 1.82) is 0 Å². The van der Waals surface area contributed by atoms with Crippen LogP contribution >= 0.6 is 0 Å². The van der Waals surface area contributed by atoms with Gasteiger partial charge in [-0.2, -0.15) is 5.10 Å². The maximum absolute atomic E-state index is 11.6. The summed E-state index contributed by atoms with van der Waals surface area (Å²) < 4.78 is 0. The summed E-state index contributed by atoms with van der Waals surface area (Å²) in [7, 11) is 1.49. The SMILES string of the molecule is CNC(=O)C(C)NC(=O)C1=NNC(=O)CC1. The minimum atomic E-state index is -0.627. The van der Waals surface area contributed by atoms with Crippen molar-refractivity contribution >= 4 is 23.4 Å². The molecule has 0 saturated heterocycles. The quantitative estimate of drug-likeness (QED) is 0.546. The number of hydrogen-bond acceptors (Lipinski definition) is 4. The number of amides is 3. The predicted molar refractivity (Wildman–Crippen MR) is 56.5 cm³/mol. The van der Waals surface area contributed by atoms with Crippen molar-refractivity contribution < 1.29 is 14.4 Å². The fraction of sp³-hybridized carbons (Fsp3) is 0.556. The number of likely N-dealkylation sites (N-methyl/N-ethyl adjacent to an activating group) is 1. The number of nitrogens with zero attached hydrogens (tertiary/aromatic N) is 1. The summed E-state index contributed by atoms with van der Waals surface area (Å²) in [4.78, 5) is 33.5. The van der Waals surface area contributed by atoms with E-state index in [4.69, 9.17) is 0 Å². The Balaban J connectivity index is 2.53. The maximum atomic E-state index is 11.6. The van der Waals surface area contributed by atoms with Gasteiger partial charge in [-0.15, -0.1) is 0 Å². The van der Waals surface area contributed by atoms with Crippen LogP contribution in [0.15, 0.2) is 5.10 Å². The van der Waals surface area contributed by atoms with Gasteiger partial charge in [-0.3, -0.25) is 14.4 Å². The summed E-state index contributed by atoms with van der Waals surface area (Å²) >= 11 is 0.